The number of benzene rings is 2. The minimum Gasteiger partial charge on any atom is -0.323 e. The quantitative estimate of drug-likeness (QED) is 0.677. The summed E-state index contributed by atoms with van der Waals surface area (Å²) in [7, 11) is 0. The Morgan fingerprint density at radius 1 is 1.10 bits per heavy atom. The van der Waals surface area contributed by atoms with Crippen LogP contribution in [0.25, 0.3) is 10.1 Å². The largest absolute Gasteiger partial charge is 0.323 e. The summed E-state index contributed by atoms with van der Waals surface area (Å²) in [5.74, 6) is -0.535. The highest BCUT2D eigenvalue weighted by atomic mass is 79.9. The van der Waals surface area contributed by atoms with Gasteiger partial charge in [0, 0.05) is 15.6 Å². The Morgan fingerprint density at radius 2 is 1.90 bits per heavy atom. The van der Waals surface area contributed by atoms with Crippen molar-refractivity contribution in [1.82, 2.24) is 0 Å². The maximum absolute atomic E-state index is 13.2. The molecule has 21 heavy (non-hydrogen) atoms. The predicted molar refractivity (Wildman–Crippen MR) is 86.5 cm³/mol. The van der Waals surface area contributed by atoms with Crippen LogP contribution in [0.3, 0.4) is 0 Å². The number of hydrogen-bond donors (Lipinski definition) is 1. The van der Waals surface area contributed by atoms with Crippen LogP contribution in [0, 0.1) is 11.6 Å². The van der Waals surface area contributed by atoms with Crippen molar-refractivity contribution in [2.45, 2.75) is 12.5 Å². The summed E-state index contributed by atoms with van der Waals surface area (Å²) in [5, 5.41) is 0.866. The molecule has 2 N–H and O–H groups in total. The molecule has 1 unspecified atom stereocenters. The van der Waals surface area contributed by atoms with Gasteiger partial charge < -0.3 is 5.73 Å². The van der Waals surface area contributed by atoms with Crippen LogP contribution in [-0.2, 0) is 6.42 Å². The summed E-state index contributed by atoms with van der Waals surface area (Å²) < 4.78 is 27.9. The van der Waals surface area contributed by atoms with E-state index in [2.05, 4.69) is 15.9 Å². The molecule has 0 saturated carbocycles. The molecule has 0 saturated heterocycles. The monoisotopic (exact) mass is 367 g/mol. The van der Waals surface area contributed by atoms with Gasteiger partial charge in [-0.25, -0.2) is 8.78 Å². The fourth-order valence-corrected chi connectivity index (χ4v) is 3.71. The van der Waals surface area contributed by atoms with Gasteiger partial charge in [-0.15, -0.1) is 11.3 Å². The van der Waals surface area contributed by atoms with Crippen LogP contribution in [-0.4, -0.2) is 0 Å². The summed E-state index contributed by atoms with van der Waals surface area (Å²) in [6, 6.07) is 11.3. The van der Waals surface area contributed by atoms with Gasteiger partial charge in [-0.1, -0.05) is 6.07 Å². The molecule has 3 rings (SSSR count). The number of rotatable bonds is 3. The van der Waals surface area contributed by atoms with E-state index in [0.717, 1.165) is 20.5 Å². The third-order valence-electron chi connectivity index (χ3n) is 3.30. The number of hydrogen-bond acceptors (Lipinski definition) is 2. The Bertz CT molecular complexity index is 800. The lowest BCUT2D eigenvalue weighted by Crippen LogP contribution is -2.11. The molecule has 1 atom stereocenters. The first-order chi connectivity index (χ1) is 10.0. The topological polar surface area (TPSA) is 26.0 Å². The maximum Gasteiger partial charge on any atom is 0.137 e. The third-order valence-corrected chi connectivity index (χ3v) is 5.16. The highest BCUT2D eigenvalue weighted by Crippen LogP contribution is 2.31. The van der Waals surface area contributed by atoms with Gasteiger partial charge in [0.1, 0.15) is 11.6 Å². The van der Waals surface area contributed by atoms with Gasteiger partial charge in [-0.05, 0) is 69.7 Å². The molecule has 0 aliphatic rings. The average molecular weight is 368 g/mol. The van der Waals surface area contributed by atoms with E-state index in [9.17, 15) is 8.78 Å². The van der Waals surface area contributed by atoms with Crippen molar-refractivity contribution in [2.24, 2.45) is 5.73 Å². The highest BCUT2D eigenvalue weighted by Gasteiger charge is 2.12. The van der Waals surface area contributed by atoms with Crippen LogP contribution in [0.15, 0.2) is 46.9 Å². The Morgan fingerprint density at radius 3 is 2.67 bits per heavy atom. The van der Waals surface area contributed by atoms with Crippen molar-refractivity contribution in [2.75, 3.05) is 0 Å². The fraction of sp³-hybridized carbons (Fsp3) is 0.125. The Balaban J connectivity index is 1.85. The first kappa shape index (κ1) is 14.6. The highest BCUT2D eigenvalue weighted by molar-refractivity contribution is 9.10. The van der Waals surface area contributed by atoms with E-state index in [1.165, 1.54) is 18.2 Å². The van der Waals surface area contributed by atoms with Crippen LogP contribution < -0.4 is 5.73 Å². The van der Waals surface area contributed by atoms with Crippen LogP contribution in [0.5, 0.6) is 0 Å². The minimum atomic E-state index is -0.287. The number of halogens is 3. The summed E-state index contributed by atoms with van der Waals surface area (Å²) >= 11 is 4.74. The van der Waals surface area contributed by atoms with Crippen molar-refractivity contribution in [3.05, 3.63) is 69.0 Å². The van der Waals surface area contributed by atoms with Crippen molar-refractivity contribution >= 4 is 37.4 Å². The predicted octanol–water partition coefficient (Wildman–Crippen LogP) is 5.18. The molecule has 5 heteroatoms. The van der Waals surface area contributed by atoms with Gasteiger partial charge in [-0.3, -0.25) is 0 Å². The molecule has 1 aromatic heterocycles. The molecular formula is C16H12BrF2NS. The van der Waals surface area contributed by atoms with E-state index in [4.69, 9.17) is 5.73 Å². The second kappa shape index (κ2) is 5.83. The minimum absolute atomic E-state index is 0.192. The maximum atomic E-state index is 13.2. The van der Waals surface area contributed by atoms with Crippen molar-refractivity contribution < 1.29 is 8.78 Å². The van der Waals surface area contributed by atoms with E-state index < -0.39 is 0 Å². The third kappa shape index (κ3) is 3.15. The molecule has 0 bridgehead atoms. The Hall–Kier alpha value is -1.30. The Labute approximate surface area is 133 Å². The summed E-state index contributed by atoms with van der Waals surface area (Å²) in [6.07, 6.45) is 0.605. The zero-order chi connectivity index (χ0) is 15.0. The summed E-state index contributed by atoms with van der Waals surface area (Å²) in [5.41, 5.74) is 7.18. The lowest BCUT2D eigenvalue weighted by molar-refractivity contribution is 0.619. The second-order valence-electron chi connectivity index (χ2n) is 4.89. The fourth-order valence-electron chi connectivity index (χ4n) is 2.24. The molecule has 0 radical (unpaired) electrons. The molecular weight excluding hydrogens is 356 g/mol. The van der Waals surface area contributed by atoms with Gasteiger partial charge in [0.2, 0.25) is 0 Å². The first-order valence-corrected chi connectivity index (χ1v) is 8.02. The zero-order valence-corrected chi connectivity index (χ0v) is 13.3. The SMILES string of the molecule is NC(Cc1ccc(F)c(Br)c1)c1cc2cc(F)ccc2s1. The molecule has 3 aromatic rings. The molecule has 108 valence electrons. The lowest BCUT2D eigenvalue weighted by Gasteiger charge is -2.10. The molecule has 0 aliphatic heterocycles. The van der Waals surface area contributed by atoms with Crippen molar-refractivity contribution in [1.29, 1.82) is 0 Å². The average Bonchev–Trinajstić information content (AvgIpc) is 2.86. The van der Waals surface area contributed by atoms with E-state index in [1.54, 1.807) is 29.5 Å². The molecule has 0 fully saturated rings. The van der Waals surface area contributed by atoms with Gasteiger partial charge >= 0.3 is 0 Å². The summed E-state index contributed by atoms with van der Waals surface area (Å²) in [6.45, 7) is 0. The van der Waals surface area contributed by atoms with E-state index in [-0.39, 0.29) is 17.7 Å². The second-order valence-corrected chi connectivity index (χ2v) is 6.86. The number of fused-ring (bicyclic) bond motifs is 1. The first-order valence-electron chi connectivity index (χ1n) is 6.41. The molecule has 2 aromatic carbocycles. The van der Waals surface area contributed by atoms with Crippen LogP contribution in [0.4, 0.5) is 8.78 Å². The van der Waals surface area contributed by atoms with E-state index >= 15 is 0 Å². The van der Waals surface area contributed by atoms with Crippen LogP contribution >= 0.6 is 27.3 Å². The van der Waals surface area contributed by atoms with Crippen molar-refractivity contribution in [3.63, 3.8) is 0 Å². The zero-order valence-electron chi connectivity index (χ0n) is 10.9. The van der Waals surface area contributed by atoms with E-state index in [1.807, 2.05) is 6.07 Å². The molecule has 0 aliphatic carbocycles. The van der Waals surface area contributed by atoms with Crippen LogP contribution in [0.1, 0.15) is 16.5 Å². The van der Waals surface area contributed by atoms with Gasteiger partial charge in [0.05, 0.1) is 4.47 Å². The van der Waals surface area contributed by atoms with Gasteiger partial charge in [0.15, 0.2) is 0 Å². The molecule has 1 heterocycles. The van der Waals surface area contributed by atoms with Crippen LogP contribution in [0.2, 0.25) is 0 Å². The number of nitrogens with two attached hydrogens (primary N) is 1. The normalized spacial score (nSPS) is 12.8. The van der Waals surface area contributed by atoms with Gasteiger partial charge in [-0.2, -0.15) is 0 Å². The molecule has 1 nitrogen and oxygen atoms in total. The van der Waals surface area contributed by atoms with Gasteiger partial charge in [0.25, 0.3) is 0 Å². The summed E-state index contributed by atoms with van der Waals surface area (Å²) in [4.78, 5) is 0.996. The molecule has 0 amide bonds. The Kier molecular flexibility index (Phi) is 4.06. The van der Waals surface area contributed by atoms with E-state index in [0.29, 0.717) is 10.9 Å². The lowest BCUT2D eigenvalue weighted by atomic mass is 10.0. The smallest absolute Gasteiger partial charge is 0.137 e. The number of thiophene rings is 1. The standard InChI is InChI=1S/C16H12BrF2NS/c17-12-5-9(1-3-13(12)19)6-14(20)16-8-10-7-11(18)2-4-15(10)21-16/h1-5,7-8,14H,6,20H2. The van der Waals surface area contributed by atoms with Crippen molar-refractivity contribution in [3.8, 4) is 0 Å². The molecule has 0 spiro atoms.